The molecular weight excluding hydrogens is 449 g/mol. The van der Waals surface area contributed by atoms with Crippen molar-refractivity contribution in [1.82, 2.24) is 34.7 Å². The predicted octanol–water partition coefficient (Wildman–Crippen LogP) is 4.57. The minimum atomic E-state index is -0.747. The second-order valence-electron chi connectivity index (χ2n) is 9.65. The summed E-state index contributed by atoms with van der Waals surface area (Å²) in [5, 5.41) is 18.6. The van der Waals surface area contributed by atoms with Gasteiger partial charge in [0.2, 0.25) is 0 Å². The molecule has 3 N–H and O–H groups in total. The minimum Gasteiger partial charge on any atom is -0.481 e. The molecule has 176 valence electrons. The van der Waals surface area contributed by atoms with Crippen LogP contribution in [0.3, 0.4) is 0 Å². The van der Waals surface area contributed by atoms with Gasteiger partial charge in [-0.25, -0.2) is 19.3 Å². The Morgan fingerprint density at radius 1 is 1.03 bits per heavy atom. The van der Waals surface area contributed by atoms with Crippen molar-refractivity contribution in [1.29, 1.82) is 0 Å². The molecule has 2 atom stereocenters. The molecule has 5 heterocycles. The number of fused-ring (bicyclic) bond motifs is 5. The van der Waals surface area contributed by atoms with E-state index in [1.54, 1.807) is 18.6 Å². The summed E-state index contributed by atoms with van der Waals surface area (Å²) in [7, 11) is 0. The molecule has 0 saturated heterocycles. The van der Waals surface area contributed by atoms with Crippen LogP contribution >= 0.6 is 0 Å². The van der Waals surface area contributed by atoms with E-state index in [9.17, 15) is 14.3 Å². The smallest absolute Gasteiger partial charge is 0.308 e. The Morgan fingerprint density at radius 2 is 1.86 bits per heavy atom. The monoisotopic (exact) mass is 471 g/mol. The van der Waals surface area contributed by atoms with Gasteiger partial charge in [0.05, 0.1) is 24.4 Å². The van der Waals surface area contributed by atoms with Gasteiger partial charge in [0.25, 0.3) is 0 Å². The molecule has 0 radical (unpaired) electrons. The molecule has 10 heteroatoms. The average molecular weight is 471 g/mol. The van der Waals surface area contributed by atoms with E-state index in [1.807, 2.05) is 12.4 Å². The third-order valence-corrected chi connectivity index (χ3v) is 7.90. The Balaban J connectivity index is 1.46. The van der Waals surface area contributed by atoms with Crippen molar-refractivity contribution < 1.29 is 14.3 Å². The number of aliphatic carboxylic acids is 1. The van der Waals surface area contributed by atoms with E-state index in [4.69, 9.17) is 4.98 Å². The van der Waals surface area contributed by atoms with Crippen LogP contribution in [0.15, 0.2) is 43.2 Å². The van der Waals surface area contributed by atoms with E-state index in [1.165, 1.54) is 12.3 Å². The van der Waals surface area contributed by atoms with Crippen molar-refractivity contribution in [3.8, 4) is 22.5 Å². The zero-order valence-corrected chi connectivity index (χ0v) is 18.6. The van der Waals surface area contributed by atoms with Gasteiger partial charge in [-0.05, 0) is 43.6 Å². The summed E-state index contributed by atoms with van der Waals surface area (Å²) in [5.41, 5.74) is 3.66. The third kappa shape index (κ3) is 3.02. The number of nitrogens with one attached hydrogen (secondary N) is 2. The Hall–Kier alpha value is -4.08. The van der Waals surface area contributed by atoms with Crippen LogP contribution in [-0.4, -0.2) is 45.8 Å². The maximum absolute atomic E-state index is 13.9. The first-order valence-electron chi connectivity index (χ1n) is 11.8. The van der Waals surface area contributed by atoms with Crippen LogP contribution in [0.25, 0.3) is 44.6 Å². The molecular formula is C25H22FN7O2. The lowest BCUT2D eigenvalue weighted by Crippen LogP contribution is -2.44. The van der Waals surface area contributed by atoms with Crippen molar-refractivity contribution >= 4 is 28.0 Å². The van der Waals surface area contributed by atoms with Crippen LogP contribution in [0, 0.1) is 23.6 Å². The standard InChI is InChI=1S/C25H22FN7O2/c26-15-5-16-17(9-28-22(16)27-8-15)23-29-10-18-19(14-6-30-31-7-14)11-33(24(18)32-23)21-13-3-1-12(2-4-13)20(21)25(34)35/h5-13,20-21H,1-4H2,(H,27,28)(H,30,31)(H,34,35)/t12?,13?,20-,21-/m1/s1. The zero-order valence-electron chi connectivity index (χ0n) is 18.6. The molecule has 0 aliphatic heterocycles. The lowest BCUT2D eigenvalue weighted by Gasteiger charge is -2.47. The van der Waals surface area contributed by atoms with Gasteiger partial charge in [-0.2, -0.15) is 5.10 Å². The highest BCUT2D eigenvalue weighted by Crippen LogP contribution is 2.52. The van der Waals surface area contributed by atoms with Crippen molar-refractivity contribution in [3.05, 3.63) is 49.1 Å². The second kappa shape index (κ2) is 7.46. The van der Waals surface area contributed by atoms with Gasteiger partial charge in [0.1, 0.15) is 17.1 Å². The molecule has 0 aromatic carbocycles. The molecule has 0 unspecified atom stereocenters. The molecule has 3 aliphatic carbocycles. The summed E-state index contributed by atoms with van der Waals surface area (Å²) in [6, 6.07) is 1.23. The fourth-order valence-electron chi connectivity index (χ4n) is 6.34. The lowest BCUT2D eigenvalue weighted by molar-refractivity contribution is -0.151. The van der Waals surface area contributed by atoms with Gasteiger partial charge in [0, 0.05) is 52.3 Å². The number of pyridine rings is 1. The SMILES string of the molecule is O=C(O)[C@@H]1C2CCC(CC2)[C@H]1n1cc(-c2cn[nH]c2)c2cnc(-c3c[nH]c4ncc(F)cc34)nc21. The van der Waals surface area contributed by atoms with Gasteiger partial charge >= 0.3 is 5.97 Å². The molecule has 35 heavy (non-hydrogen) atoms. The van der Waals surface area contributed by atoms with E-state index >= 15 is 0 Å². The number of nitrogens with zero attached hydrogens (tertiary/aromatic N) is 5. The largest absolute Gasteiger partial charge is 0.481 e. The summed E-state index contributed by atoms with van der Waals surface area (Å²) in [6.07, 6.45) is 14.2. The van der Waals surface area contributed by atoms with E-state index in [0.717, 1.165) is 42.2 Å². The van der Waals surface area contributed by atoms with E-state index in [-0.39, 0.29) is 17.9 Å². The number of H-pyrrole nitrogens is 2. The Morgan fingerprint density at radius 3 is 2.63 bits per heavy atom. The number of halogens is 1. The molecule has 5 aromatic heterocycles. The van der Waals surface area contributed by atoms with Crippen LogP contribution < -0.4 is 0 Å². The zero-order chi connectivity index (χ0) is 23.7. The van der Waals surface area contributed by atoms with Gasteiger partial charge in [-0.3, -0.25) is 9.89 Å². The van der Waals surface area contributed by atoms with Crippen molar-refractivity contribution in [2.75, 3.05) is 0 Å². The summed E-state index contributed by atoms with van der Waals surface area (Å²) >= 11 is 0. The first-order valence-corrected chi connectivity index (χ1v) is 11.8. The van der Waals surface area contributed by atoms with Crippen LogP contribution in [0.5, 0.6) is 0 Å². The van der Waals surface area contributed by atoms with Gasteiger partial charge in [-0.1, -0.05) is 0 Å². The number of aromatic nitrogens is 7. The summed E-state index contributed by atoms with van der Waals surface area (Å²) in [5.74, 6) is -0.765. The third-order valence-electron chi connectivity index (χ3n) is 7.90. The predicted molar refractivity (Wildman–Crippen MR) is 126 cm³/mol. The van der Waals surface area contributed by atoms with Crippen molar-refractivity contribution in [2.24, 2.45) is 17.8 Å². The van der Waals surface area contributed by atoms with Crippen LogP contribution in [0.2, 0.25) is 0 Å². The molecule has 3 aliphatic rings. The Labute approximate surface area is 198 Å². The summed E-state index contributed by atoms with van der Waals surface area (Å²) in [6.45, 7) is 0. The fraction of sp³-hybridized carbons (Fsp3) is 0.320. The second-order valence-corrected chi connectivity index (χ2v) is 9.65. The average Bonchev–Trinajstić information content (AvgIpc) is 3.62. The first kappa shape index (κ1) is 20.3. The molecule has 0 amide bonds. The molecule has 0 spiro atoms. The van der Waals surface area contributed by atoms with Gasteiger partial charge in [0.15, 0.2) is 5.82 Å². The maximum Gasteiger partial charge on any atom is 0.308 e. The van der Waals surface area contributed by atoms with Crippen LogP contribution in [0.1, 0.15) is 31.7 Å². The summed E-state index contributed by atoms with van der Waals surface area (Å²) < 4.78 is 16.0. The quantitative estimate of drug-likeness (QED) is 0.353. The van der Waals surface area contributed by atoms with Crippen molar-refractivity contribution in [2.45, 2.75) is 31.7 Å². The van der Waals surface area contributed by atoms with E-state index < -0.39 is 17.7 Å². The normalized spacial score (nSPS) is 23.9. The van der Waals surface area contributed by atoms with Crippen LogP contribution in [0.4, 0.5) is 4.39 Å². The number of carbonyl (C=O) groups is 1. The number of hydrogen-bond donors (Lipinski definition) is 3. The molecule has 2 bridgehead atoms. The fourth-order valence-corrected chi connectivity index (χ4v) is 6.34. The highest BCUT2D eigenvalue weighted by atomic mass is 19.1. The molecule has 3 saturated carbocycles. The summed E-state index contributed by atoms with van der Waals surface area (Å²) in [4.78, 5) is 29.1. The molecule has 8 rings (SSSR count). The van der Waals surface area contributed by atoms with Crippen molar-refractivity contribution in [3.63, 3.8) is 0 Å². The lowest BCUT2D eigenvalue weighted by atomic mass is 9.61. The molecule has 3 fully saturated rings. The molecule has 9 nitrogen and oxygen atoms in total. The highest BCUT2D eigenvalue weighted by molar-refractivity contribution is 5.96. The minimum absolute atomic E-state index is 0.168. The number of carboxylic acids is 1. The first-order chi connectivity index (χ1) is 17.1. The van der Waals surface area contributed by atoms with E-state index in [0.29, 0.717) is 28.1 Å². The van der Waals surface area contributed by atoms with E-state index in [2.05, 4.69) is 29.7 Å². The number of aromatic amines is 2. The number of hydrogen-bond acceptors (Lipinski definition) is 5. The van der Waals surface area contributed by atoms with Gasteiger partial charge in [-0.15, -0.1) is 0 Å². The Kier molecular flexibility index (Phi) is 4.33. The Bertz CT molecular complexity index is 1580. The molecule has 5 aromatic rings. The van der Waals surface area contributed by atoms with Crippen LogP contribution in [-0.2, 0) is 4.79 Å². The van der Waals surface area contributed by atoms with Gasteiger partial charge < -0.3 is 14.7 Å². The maximum atomic E-state index is 13.9. The topological polar surface area (TPSA) is 125 Å². The number of carboxylic acid groups (broad SMARTS) is 1. The number of rotatable bonds is 4. The highest BCUT2D eigenvalue weighted by Gasteiger charge is 2.48.